The molecule has 4 rings (SSSR count). The van der Waals surface area contributed by atoms with E-state index in [1.807, 2.05) is 0 Å². The predicted molar refractivity (Wildman–Crippen MR) is 134 cm³/mol. The molecule has 1 aliphatic carbocycles. The molecule has 1 saturated carbocycles. The summed E-state index contributed by atoms with van der Waals surface area (Å²) in [5, 5.41) is 3.01. The number of methoxy groups -OCH3 is 1. The number of nitrogens with one attached hydrogen (secondary N) is 1. The molecule has 0 bridgehead atoms. The van der Waals surface area contributed by atoms with E-state index in [0.29, 0.717) is 22.7 Å². The summed E-state index contributed by atoms with van der Waals surface area (Å²) in [6.45, 7) is 1.57. The predicted octanol–water partition coefficient (Wildman–Crippen LogP) is 4.53. The Kier molecular flexibility index (Phi) is 7.83. The minimum atomic E-state index is -0.638. The second-order valence-corrected chi connectivity index (χ2v) is 8.89. The molecule has 7 nitrogen and oxygen atoms in total. The molecular formula is C28H29FN2O5. The fourth-order valence-electron chi connectivity index (χ4n) is 4.57. The number of carbonyl (C=O) groups excluding carboxylic acids is 3. The Bertz CT molecular complexity index is 1200. The molecule has 2 aromatic rings. The number of allylic oxidation sites excluding steroid dienone is 1. The van der Waals surface area contributed by atoms with Crippen molar-refractivity contribution in [3.63, 3.8) is 0 Å². The molecule has 2 amide bonds. The van der Waals surface area contributed by atoms with Crippen LogP contribution in [0, 0.1) is 5.82 Å². The van der Waals surface area contributed by atoms with Crippen LogP contribution in [0.15, 0.2) is 65.4 Å². The highest BCUT2D eigenvalue weighted by Gasteiger charge is 2.37. The SMILES string of the molecule is COC(=O)C1=C(C)N(c2ccc(F)cc2)C(=O)/C1=C\c1ccc(OCC(=O)NC2CCCCC2)cc1. The van der Waals surface area contributed by atoms with E-state index < -0.39 is 17.7 Å². The van der Waals surface area contributed by atoms with Crippen molar-refractivity contribution >= 4 is 29.5 Å². The zero-order valence-corrected chi connectivity index (χ0v) is 20.4. The van der Waals surface area contributed by atoms with Gasteiger partial charge in [0.1, 0.15) is 11.6 Å². The monoisotopic (exact) mass is 492 g/mol. The molecule has 1 fully saturated rings. The molecular weight excluding hydrogens is 463 g/mol. The van der Waals surface area contributed by atoms with E-state index in [1.54, 1.807) is 37.3 Å². The van der Waals surface area contributed by atoms with Gasteiger partial charge in [0.05, 0.1) is 18.3 Å². The number of hydrogen-bond donors (Lipinski definition) is 1. The third-order valence-electron chi connectivity index (χ3n) is 6.41. The fourth-order valence-corrected chi connectivity index (χ4v) is 4.57. The number of rotatable bonds is 7. The smallest absolute Gasteiger partial charge is 0.340 e. The van der Waals surface area contributed by atoms with Gasteiger partial charge in [0.15, 0.2) is 6.61 Å². The number of esters is 1. The zero-order valence-electron chi connectivity index (χ0n) is 20.4. The highest BCUT2D eigenvalue weighted by atomic mass is 19.1. The van der Waals surface area contributed by atoms with Gasteiger partial charge in [-0.1, -0.05) is 31.4 Å². The highest BCUT2D eigenvalue weighted by Crippen LogP contribution is 2.35. The summed E-state index contributed by atoms with van der Waals surface area (Å²) in [6, 6.07) is 12.6. The van der Waals surface area contributed by atoms with Gasteiger partial charge in [-0.25, -0.2) is 9.18 Å². The number of amides is 2. The maximum absolute atomic E-state index is 13.4. The van der Waals surface area contributed by atoms with Crippen LogP contribution in [0.1, 0.15) is 44.6 Å². The van der Waals surface area contributed by atoms with E-state index in [0.717, 1.165) is 25.7 Å². The molecule has 0 radical (unpaired) electrons. The largest absolute Gasteiger partial charge is 0.484 e. The van der Waals surface area contributed by atoms with Crippen LogP contribution in [0.5, 0.6) is 5.75 Å². The second kappa shape index (κ2) is 11.2. The number of anilines is 1. The van der Waals surface area contributed by atoms with Gasteiger partial charge in [0.2, 0.25) is 0 Å². The summed E-state index contributed by atoms with van der Waals surface area (Å²) in [6.07, 6.45) is 7.11. The molecule has 1 heterocycles. The van der Waals surface area contributed by atoms with Crippen LogP contribution >= 0.6 is 0 Å². The number of nitrogens with zero attached hydrogens (tertiary/aromatic N) is 1. The Labute approximate surface area is 209 Å². The van der Waals surface area contributed by atoms with E-state index in [2.05, 4.69) is 5.32 Å². The third kappa shape index (κ3) is 5.64. The Balaban J connectivity index is 1.48. The normalized spacial score (nSPS) is 17.5. The summed E-state index contributed by atoms with van der Waals surface area (Å²) in [5.41, 5.74) is 1.82. The third-order valence-corrected chi connectivity index (χ3v) is 6.41. The van der Waals surface area contributed by atoms with Crippen LogP contribution in [0.3, 0.4) is 0 Å². The topological polar surface area (TPSA) is 84.9 Å². The zero-order chi connectivity index (χ0) is 25.7. The summed E-state index contributed by atoms with van der Waals surface area (Å²) >= 11 is 0. The summed E-state index contributed by atoms with van der Waals surface area (Å²) in [5.74, 6) is -1.11. The Morgan fingerprint density at radius 1 is 1.06 bits per heavy atom. The lowest BCUT2D eigenvalue weighted by Gasteiger charge is -2.22. The number of ether oxygens (including phenoxy) is 2. The molecule has 0 aromatic heterocycles. The first-order chi connectivity index (χ1) is 17.4. The van der Waals surface area contributed by atoms with Gasteiger partial charge in [-0.2, -0.15) is 0 Å². The molecule has 36 heavy (non-hydrogen) atoms. The molecule has 0 atom stereocenters. The highest BCUT2D eigenvalue weighted by molar-refractivity contribution is 6.23. The van der Waals surface area contributed by atoms with Crippen molar-refractivity contribution in [1.82, 2.24) is 5.32 Å². The van der Waals surface area contributed by atoms with Crippen molar-refractivity contribution in [1.29, 1.82) is 0 Å². The Morgan fingerprint density at radius 3 is 2.36 bits per heavy atom. The van der Waals surface area contributed by atoms with Crippen molar-refractivity contribution in [2.75, 3.05) is 18.6 Å². The molecule has 8 heteroatoms. The molecule has 188 valence electrons. The van der Waals surface area contributed by atoms with Crippen LogP contribution in [0.4, 0.5) is 10.1 Å². The first kappa shape index (κ1) is 25.2. The van der Waals surface area contributed by atoms with E-state index >= 15 is 0 Å². The van der Waals surface area contributed by atoms with Crippen molar-refractivity contribution in [2.45, 2.75) is 45.1 Å². The molecule has 2 aromatic carbocycles. The molecule has 0 spiro atoms. The molecule has 0 unspecified atom stereocenters. The van der Waals surface area contributed by atoms with Crippen LogP contribution in [0.2, 0.25) is 0 Å². The summed E-state index contributed by atoms with van der Waals surface area (Å²) in [4.78, 5) is 39.4. The first-order valence-electron chi connectivity index (χ1n) is 12.0. The molecule has 1 N–H and O–H groups in total. The summed E-state index contributed by atoms with van der Waals surface area (Å²) in [7, 11) is 1.25. The second-order valence-electron chi connectivity index (χ2n) is 8.89. The van der Waals surface area contributed by atoms with Crippen LogP contribution in [-0.2, 0) is 19.1 Å². The van der Waals surface area contributed by atoms with Crippen molar-refractivity contribution in [3.05, 3.63) is 76.8 Å². The number of halogens is 1. The van der Waals surface area contributed by atoms with Gasteiger partial charge < -0.3 is 14.8 Å². The fraction of sp³-hybridized carbons (Fsp3) is 0.321. The van der Waals surface area contributed by atoms with Gasteiger partial charge >= 0.3 is 5.97 Å². The van der Waals surface area contributed by atoms with Crippen molar-refractivity contribution in [2.24, 2.45) is 0 Å². The van der Waals surface area contributed by atoms with Gasteiger partial charge in [0.25, 0.3) is 11.8 Å². The minimum absolute atomic E-state index is 0.0729. The van der Waals surface area contributed by atoms with Gasteiger partial charge in [0, 0.05) is 17.4 Å². The minimum Gasteiger partial charge on any atom is -0.484 e. The molecule has 2 aliphatic rings. The van der Waals surface area contributed by atoms with E-state index in [4.69, 9.17) is 9.47 Å². The lowest BCUT2D eigenvalue weighted by atomic mass is 9.95. The maximum atomic E-state index is 13.4. The van der Waals surface area contributed by atoms with Gasteiger partial charge in [-0.15, -0.1) is 0 Å². The standard InChI is InChI=1S/C28H29FN2O5/c1-18-26(28(34)35-2)24(27(33)31(18)22-12-10-20(29)11-13-22)16-19-8-14-23(15-9-19)36-17-25(32)30-21-6-4-3-5-7-21/h8-16,21H,3-7,17H2,1-2H3,(H,30,32)/b24-16-. The Hall–Kier alpha value is -3.94. The summed E-state index contributed by atoms with van der Waals surface area (Å²) < 4.78 is 23.9. The Morgan fingerprint density at radius 2 is 1.72 bits per heavy atom. The average molecular weight is 493 g/mol. The van der Waals surface area contributed by atoms with Crippen LogP contribution in [-0.4, -0.2) is 37.5 Å². The first-order valence-corrected chi connectivity index (χ1v) is 12.0. The van der Waals surface area contributed by atoms with Gasteiger partial charge in [-0.05, 0) is 67.8 Å². The average Bonchev–Trinajstić information content (AvgIpc) is 3.13. The van der Waals surface area contributed by atoms with E-state index in [9.17, 15) is 18.8 Å². The molecule has 0 saturated heterocycles. The lowest BCUT2D eigenvalue weighted by molar-refractivity contribution is -0.136. The quantitative estimate of drug-likeness (QED) is 0.454. The van der Waals surface area contributed by atoms with E-state index in [1.165, 1.54) is 42.7 Å². The van der Waals surface area contributed by atoms with Gasteiger partial charge in [-0.3, -0.25) is 14.5 Å². The number of carbonyl (C=O) groups is 3. The van der Waals surface area contributed by atoms with Crippen molar-refractivity contribution < 1.29 is 28.2 Å². The van der Waals surface area contributed by atoms with Crippen molar-refractivity contribution in [3.8, 4) is 5.75 Å². The van der Waals surface area contributed by atoms with E-state index in [-0.39, 0.29) is 29.7 Å². The molecule has 1 aliphatic heterocycles. The van der Waals surface area contributed by atoms with Crippen LogP contribution in [0.25, 0.3) is 6.08 Å². The van der Waals surface area contributed by atoms with Crippen LogP contribution < -0.4 is 15.0 Å². The lowest BCUT2D eigenvalue weighted by Crippen LogP contribution is -2.38. The maximum Gasteiger partial charge on any atom is 0.340 e. The number of benzene rings is 2. The number of hydrogen-bond acceptors (Lipinski definition) is 5.